The van der Waals surface area contributed by atoms with E-state index in [1.54, 1.807) is 0 Å². The Morgan fingerprint density at radius 1 is 1.75 bits per heavy atom. The van der Waals surface area contributed by atoms with Crippen molar-refractivity contribution in [2.24, 2.45) is 5.92 Å². The molecule has 0 amide bonds. The minimum absolute atomic E-state index is 0.0901. The maximum Gasteiger partial charge on any atom is 0.225 e. The van der Waals surface area contributed by atoms with Gasteiger partial charge in [0.15, 0.2) is 0 Å². The predicted octanol–water partition coefficient (Wildman–Crippen LogP) is 3.28. The lowest BCUT2D eigenvalue weighted by Gasteiger charge is -2.18. The van der Waals surface area contributed by atoms with E-state index in [0.717, 1.165) is 19.3 Å². The van der Waals surface area contributed by atoms with Crippen molar-refractivity contribution >= 4 is 16.8 Å². The van der Waals surface area contributed by atoms with Gasteiger partial charge in [-0.2, -0.15) is 0 Å². The molecule has 0 heterocycles. The van der Waals surface area contributed by atoms with Crippen molar-refractivity contribution in [2.45, 2.75) is 39.0 Å². The van der Waals surface area contributed by atoms with Crippen LogP contribution in [0.4, 0.5) is 0 Å². The van der Waals surface area contributed by atoms with Crippen LogP contribution < -0.4 is 0 Å². The fourth-order valence-electron chi connectivity index (χ4n) is 1.64. The van der Waals surface area contributed by atoms with Gasteiger partial charge in [0.25, 0.3) is 0 Å². The number of allylic oxidation sites excluding steroid dienone is 2. The van der Waals surface area contributed by atoms with Crippen LogP contribution >= 0.6 is 11.6 Å². The van der Waals surface area contributed by atoms with Crippen molar-refractivity contribution < 1.29 is 4.79 Å². The number of rotatable bonds is 3. The number of halogens is 1. The van der Waals surface area contributed by atoms with Crippen LogP contribution in [0.25, 0.3) is 0 Å². The Labute approximate surface area is 78.8 Å². The first-order valence-electron chi connectivity index (χ1n) is 4.61. The molecule has 0 saturated heterocycles. The maximum atomic E-state index is 10.8. The number of hydrogen-bond acceptors (Lipinski definition) is 1. The van der Waals surface area contributed by atoms with E-state index in [-0.39, 0.29) is 11.2 Å². The molecule has 1 rings (SSSR count). The van der Waals surface area contributed by atoms with Gasteiger partial charge in [-0.05, 0) is 37.3 Å². The van der Waals surface area contributed by atoms with Gasteiger partial charge in [0.2, 0.25) is 5.24 Å². The van der Waals surface area contributed by atoms with Crippen molar-refractivity contribution in [1.29, 1.82) is 0 Å². The third-order valence-electron chi connectivity index (χ3n) is 2.40. The summed E-state index contributed by atoms with van der Waals surface area (Å²) in [5.74, 6) is 0.0901. The minimum atomic E-state index is -0.165. The van der Waals surface area contributed by atoms with Crippen molar-refractivity contribution in [3.63, 3.8) is 0 Å². The van der Waals surface area contributed by atoms with Crippen molar-refractivity contribution in [3.05, 3.63) is 11.6 Å². The standard InChI is InChI=1S/C10H15ClO/c1-2-3-8-4-6-9(7-5-8)10(11)12/h4,9H,2-3,5-7H2,1H3. The molecular weight excluding hydrogens is 172 g/mol. The molecule has 0 saturated carbocycles. The van der Waals surface area contributed by atoms with E-state index in [9.17, 15) is 4.79 Å². The first kappa shape index (κ1) is 9.79. The second kappa shape index (κ2) is 4.66. The lowest BCUT2D eigenvalue weighted by atomic mass is 9.89. The van der Waals surface area contributed by atoms with Crippen LogP contribution in [0, 0.1) is 5.92 Å². The average molecular weight is 187 g/mol. The normalized spacial score (nSPS) is 23.5. The summed E-state index contributed by atoms with van der Waals surface area (Å²) in [6.45, 7) is 2.18. The second-order valence-electron chi connectivity index (χ2n) is 3.39. The molecule has 0 aliphatic heterocycles. The second-order valence-corrected chi connectivity index (χ2v) is 3.76. The molecule has 0 N–H and O–H groups in total. The Hall–Kier alpha value is -0.300. The van der Waals surface area contributed by atoms with Gasteiger partial charge in [-0.25, -0.2) is 0 Å². The molecule has 0 fully saturated rings. The van der Waals surface area contributed by atoms with Gasteiger partial charge in [-0.3, -0.25) is 4.79 Å². The molecule has 0 aromatic heterocycles. The molecule has 1 unspecified atom stereocenters. The maximum absolute atomic E-state index is 10.8. The Bertz CT molecular complexity index is 196. The molecular formula is C10H15ClO. The third-order valence-corrected chi connectivity index (χ3v) is 2.71. The quantitative estimate of drug-likeness (QED) is 0.489. The van der Waals surface area contributed by atoms with Gasteiger partial charge in [0.1, 0.15) is 0 Å². The van der Waals surface area contributed by atoms with Gasteiger partial charge in [0, 0.05) is 5.92 Å². The fourth-order valence-corrected chi connectivity index (χ4v) is 1.84. The van der Waals surface area contributed by atoms with Crippen LogP contribution in [0.2, 0.25) is 0 Å². The Morgan fingerprint density at radius 3 is 2.92 bits per heavy atom. The van der Waals surface area contributed by atoms with E-state index < -0.39 is 0 Å². The van der Waals surface area contributed by atoms with Gasteiger partial charge >= 0.3 is 0 Å². The van der Waals surface area contributed by atoms with Crippen LogP contribution in [0.5, 0.6) is 0 Å². The van der Waals surface area contributed by atoms with Crippen LogP contribution in [0.15, 0.2) is 11.6 Å². The number of carbonyl (C=O) groups excluding carboxylic acids is 1. The summed E-state index contributed by atoms with van der Waals surface area (Å²) >= 11 is 5.41. The van der Waals surface area contributed by atoms with Crippen molar-refractivity contribution in [2.75, 3.05) is 0 Å². The summed E-state index contributed by atoms with van der Waals surface area (Å²) < 4.78 is 0. The Morgan fingerprint density at radius 2 is 2.50 bits per heavy atom. The van der Waals surface area contributed by atoms with Gasteiger partial charge in [0.05, 0.1) is 0 Å². The molecule has 12 heavy (non-hydrogen) atoms. The Kier molecular flexibility index (Phi) is 3.80. The first-order valence-corrected chi connectivity index (χ1v) is 4.99. The zero-order valence-electron chi connectivity index (χ0n) is 7.48. The molecule has 1 aliphatic rings. The highest BCUT2D eigenvalue weighted by Crippen LogP contribution is 2.27. The molecule has 1 aliphatic carbocycles. The van der Waals surface area contributed by atoms with Crippen molar-refractivity contribution in [3.8, 4) is 0 Å². The monoisotopic (exact) mass is 186 g/mol. The lowest BCUT2D eigenvalue weighted by Crippen LogP contribution is -2.11. The molecule has 1 atom stereocenters. The summed E-state index contributed by atoms with van der Waals surface area (Å²) in [6.07, 6.45) is 7.45. The summed E-state index contributed by atoms with van der Waals surface area (Å²) in [6, 6.07) is 0. The molecule has 0 spiro atoms. The number of carbonyl (C=O) groups is 1. The van der Waals surface area contributed by atoms with Crippen molar-refractivity contribution in [1.82, 2.24) is 0 Å². The molecule has 0 aromatic carbocycles. The summed E-state index contributed by atoms with van der Waals surface area (Å²) in [5, 5.41) is -0.165. The highest BCUT2D eigenvalue weighted by molar-refractivity contribution is 6.64. The highest BCUT2D eigenvalue weighted by Gasteiger charge is 2.18. The minimum Gasteiger partial charge on any atom is -0.281 e. The van der Waals surface area contributed by atoms with E-state index in [1.165, 1.54) is 18.4 Å². The lowest BCUT2D eigenvalue weighted by molar-refractivity contribution is -0.115. The van der Waals surface area contributed by atoms with E-state index in [0.29, 0.717) is 0 Å². The predicted molar refractivity (Wildman–Crippen MR) is 51.2 cm³/mol. The average Bonchev–Trinajstić information content (AvgIpc) is 2.06. The topological polar surface area (TPSA) is 17.1 Å². The van der Waals surface area contributed by atoms with E-state index >= 15 is 0 Å². The molecule has 0 aromatic rings. The van der Waals surface area contributed by atoms with E-state index in [1.807, 2.05) is 0 Å². The van der Waals surface area contributed by atoms with Gasteiger partial charge in [-0.1, -0.05) is 25.0 Å². The highest BCUT2D eigenvalue weighted by atomic mass is 35.5. The molecule has 0 bridgehead atoms. The van der Waals surface area contributed by atoms with Crippen LogP contribution in [0.3, 0.4) is 0 Å². The SMILES string of the molecule is CCCC1=CCC(C(=O)Cl)CC1. The molecule has 0 radical (unpaired) electrons. The molecule has 68 valence electrons. The molecule has 1 nitrogen and oxygen atoms in total. The van der Waals surface area contributed by atoms with Gasteiger partial charge in [-0.15, -0.1) is 0 Å². The van der Waals surface area contributed by atoms with Crippen LogP contribution in [-0.2, 0) is 4.79 Å². The van der Waals surface area contributed by atoms with Gasteiger partial charge < -0.3 is 0 Å². The number of hydrogen-bond donors (Lipinski definition) is 0. The van der Waals surface area contributed by atoms with E-state index in [2.05, 4.69) is 13.0 Å². The first-order chi connectivity index (χ1) is 5.74. The summed E-state index contributed by atoms with van der Waals surface area (Å²) in [4.78, 5) is 10.8. The summed E-state index contributed by atoms with van der Waals surface area (Å²) in [7, 11) is 0. The largest absolute Gasteiger partial charge is 0.281 e. The van der Waals surface area contributed by atoms with Crippen LogP contribution in [0.1, 0.15) is 39.0 Å². The summed E-state index contributed by atoms with van der Waals surface area (Å²) in [5.41, 5.74) is 1.51. The fraction of sp³-hybridized carbons (Fsp3) is 0.700. The zero-order chi connectivity index (χ0) is 8.97. The van der Waals surface area contributed by atoms with Crippen LogP contribution in [-0.4, -0.2) is 5.24 Å². The smallest absolute Gasteiger partial charge is 0.225 e. The van der Waals surface area contributed by atoms with E-state index in [4.69, 9.17) is 11.6 Å². The zero-order valence-corrected chi connectivity index (χ0v) is 8.23. The third kappa shape index (κ3) is 2.63. The molecule has 2 heteroatoms. The Balaban J connectivity index is 2.42.